The van der Waals surface area contributed by atoms with E-state index in [1.54, 1.807) is 13.0 Å². The molecule has 0 bridgehead atoms. The summed E-state index contributed by atoms with van der Waals surface area (Å²) in [5.41, 5.74) is -0.647. The lowest BCUT2D eigenvalue weighted by atomic mass is 9.96. The predicted octanol–water partition coefficient (Wildman–Crippen LogP) is 0.907. The first kappa shape index (κ1) is 15.2. The first-order valence-corrected chi connectivity index (χ1v) is 6.40. The average molecular weight is 297 g/mol. The molecule has 1 fully saturated rings. The number of rotatable bonds is 6. The first-order valence-electron chi connectivity index (χ1n) is 6.40. The Hall–Kier alpha value is -2.15. The zero-order valence-electron chi connectivity index (χ0n) is 11.5. The number of likely N-dealkylation sites (tertiary alicyclic amines) is 1. The standard InChI is InChI=1S/C14H16FNO5/c1-14(21-7-13(18)19)8-16(9-14)12(17)6-20-11-5-3-2-4-10(11)15/h2-5H,6-9H2,1H3,(H,18,19). The van der Waals surface area contributed by atoms with Crippen molar-refractivity contribution >= 4 is 11.9 Å². The molecule has 6 nitrogen and oxygen atoms in total. The maximum Gasteiger partial charge on any atom is 0.329 e. The summed E-state index contributed by atoms with van der Waals surface area (Å²) in [7, 11) is 0. The van der Waals surface area contributed by atoms with E-state index in [2.05, 4.69) is 0 Å². The van der Waals surface area contributed by atoms with Gasteiger partial charge in [0.1, 0.15) is 12.2 Å². The van der Waals surface area contributed by atoms with E-state index in [4.69, 9.17) is 14.6 Å². The van der Waals surface area contributed by atoms with Crippen molar-refractivity contribution in [3.8, 4) is 5.75 Å². The Bertz CT molecular complexity index is 542. The second kappa shape index (κ2) is 6.09. The van der Waals surface area contributed by atoms with Crippen LogP contribution in [0, 0.1) is 5.82 Å². The second-order valence-electron chi connectivity index (χ2n) is 5.10. The molecular weight excluding hydrogens is 281 g/mol. The summed E-state index contributed by atoms with van der Waals surface area (Å²) in [6, 6.07) is 5.84. The molecule has 1 heterocycles. The van der Waals surface area contributed by atoms with Crippen molar-refractivity contribution in [2.75, 3.05) is 26.3 Å². The van der Waals surface area contributed by atoms with Crippen molar-refractivity contribution < 1.29 is 28.6 Å². The fourth-order valence-electron chi connectivity index (χ4n) is 2.06. The molecule has 0 spiro atoms. The lowest BCUT2D eigenvalue weighted by molar-refractivity contribution is -0.174. The quantitative estimate of drug-likeness (QED) is 0.844. The number of carbonyl (C=O) groups excluding carboxylic acids is 1. The highest BCUT2D eigenvalue weighted by Gasteiger charge is 2.42. The molecular formula is C14H16FNO5. The number of aliphatic carboxylic acids is 1. The summed E-state index contributed by atoms with van der Waals surface area (Å²) in [6.07, 6.45) is 0. The minimum Gasteiger partial charge on any atom is -0.481 e. The number of carboxylic acid groups (broad SMARTS) is 1. The normalized spacial score (nSPS) is 16.2. The summed E-state index contributed by atoms with van der Waals surface area (Å²) in [6.45, 7) is 1.65. The van der Waals surface area contributed by atoms with E-state index in [1.807, 2.05) is 0 Å². The van der Waals surface area contributed by atoms with Crippen molar-refractivity contribution in [2.45, 2.75) is 12.5 Å². The van der Waals surface area contributed by atoms with Gasteiger partial charge in [0.25, 0.3) is 5.91 Å². The van der Waals surface area contributed by atoms with Gasteiger partial charge >= 0.3 is 5.97 Å². The number of benzene rings is 1. The molecule has 1 aliphatic rings. The highest BCUT2D eigenvalue weighted by Crippen LogP contribution is 2.25. The Morgan fingerprint density at radius 3 is 2.62 bits per heavy atom. The van der Waals surface area contributed by atoms with Gasteiger partial charge in [0, 0.05) is 0 Å². The highest BCUT2D eigenvalue weighted by atomic mass is 19.1. The molecule has 1 saturated heterocycles. The van der Waals surface area contributed by atoms with Gasteiger partial charge in [0.15, 0.2) is 18.2 Å². The number of nitrogens with zero attached hydrogens (tertiary/aromatic N) is 1. The van der Waals surface area contributed by atoms with Crippen LogP contribution in [0.5, 0.6) is 5.75 Å². The largest absolute Gasteiger partial charge is 0.481 e. The minimum absolute atomic E-state index is 0.0243. The topological polar surface area (TPSA) is 76.1 Å². The van der Waals surface area contributed by atoms with Gasteiger partial charge in [0.2, 0.25) is 0 Å². The van der Waals surface area contributed by atoms with E-state index < -0.39 is 24.0 Å². The van der Waals surface area contributed by atoms with Crippen molar-refractivity contribution in [3.63, 3.8) is 0 Å². The van der Waals surface area contributed by atoms with Crippen molar-refractivity contribution in [1.82, 2.24) is 4.90 Å². The molecule has 2 rings (SSSR count). The second-order valence-corrected chi connectivity index (χ2v) is 5.10. The van der Waals surface area contributed by atoms with Crippen LogP contribution >= 0.6 is 0 Å². The molecule has 7 heteroatoms. The Kier molecular flexibility index (Phi) is 4.42. The van der Waals surface area contributed by atoms with Crippen LogP contribution in [-0.2, 0) is 14.3 Å². The lowest BCUT2D eigenvalue weighted by Crippen LogP contribution is -2.64. The number of hydrogen-bond acceptors (Lipinski definition) is 4. The minimum atomic E-state index is -1.05. The number of hydrogen-bond donors (Lipinski definition) is 1. The summed E-state index contributed by atoms with van der Waals surface area (Å²) in [5, 5.41) is 8.55. The highest BCUT2D eigenvalue weighted by molar-refractivity contribution is 5.79. The van der Waals surface area contributed by atoms with Gasteiger partial charge in [-0.25, -0.2) is 9.18 Å². The molecule has 0 aliphatic carbocycles. The number of carbonyl (C=O) groups is 2. The van der Waals surface area contributed by atoms with Crippen LogP contribution < -0.4 is 4.74 Å². The third-order valence-corrected chi connectivity index (χ3v) is 3.14. The molecule has 114 valence electrons. The van der Waals surface area contributed by atoms with Crippen LogP contribution in [-0.4, -0.2) is 53.8 Å². The molecule has 0 radical (unpaired) electrons. The zero-order chi connectivity index (χ0) is 15.5. The molecule has 0 aromatic heterocycles. The maximum atomic E-state index is 13.3. The van der Waals surface area contributed by atoms with Crippen molar-refractivity contribution in [3.05, 3.63) is 30.1 Å². The monoisotopic (exact) mass is 297 g/mol. The van der Waals surface area contributed by atoms with Crippen LogP contribution in [0.25, 0.3) is 0 Å². The number of para-hydroxylation sites is 1. The van der Waals surface area contributed by atoms with E-state index in [0.29, 0.717) is 13.1 Å². The maximum absolute atomic E-state index is 13.3. The fourth-order valence-corrected chi connectivity index (χ4v) is 2.06. The molecule has 0 saturated carbocycles. The molecule has 0 unspecified atom stereocenters. The molecule has 1 aromatic carbocycles. The fraction of sp³-hybridized carbons (Fsp3) is 0.429. The van der Waals surface area contributed by atoms with Gasteiger partial charge in [-0.15, -0.1) is 0 Å². The van der Waals surface area contributed by atoms with E-state index in [9.17, 15) is 14.0 Å². The smallest absolute Gasteiger partial charge is 0.329 e. The number of ether oxygens (including phenoxy) is 2. The lowest BCUT2D eigenvalue weighted by Gasteiger charge is -2.47. The number of carboxylic acids is 1. The summed E-state index contributed by atoms with van der Waals surface area (Å²) in [5.74, 6) is -1.85. The van der Waals surface area contributed by atoms with E-state index in [0.717, 1.165) is 0 Å². The molecule has 1 aliphatic heterocycles. The summed E-state index contributed by atoms with van der Waals surface area (Å²) < 4.78 is 23.6. The predicted molar refractivity (Wildman–Crippen MR) is 70.5 cm³/mol. The van der Waals surface area contributed by atoms with Gasteiger partial charge < -0.3 is 19.5 Å². The van der Waals surface area contributed by atoms with Gasteiger partial charge in [-0.2, -0.15) is 0 Å². The van der Waals surface area contributed by atoms with Crippen LogP contribution in [0.4, 0.5) is 4.39 Å². The number of amides is 1. The van der Waals surface area contributed by atoms with E-state index in [1.165, 1.54) is 23.1 Å². The number of halogens is 1. The molecule has 21 heavy (non-hydrogen) atoms. The SMILES string of the molecule is CC1(OCC(=O)O)CN(C(=O)COc2ccccc2F)C1. The van der Waals surface area contributed by atoms with Crippen LogP contribution in [0.1, 0.15) is 6.92 Å². The Morgan fingerprint density at radius 1 is 1.33 bits per heavy atom. The molecule has 0 atom stereocenters. The zero-order valence-corrected chi connectivity index (χ0v) is 11.5. The van der Waals surface area contributed by atoms with Gasteiger partial charge in [-0.1, -0.05) is 12.1 Å². The first-order chi connectivity index (χ1) is 9.89. The third-order valence-electron chi connectivity index (χ3n) is 3.14. The van der Waals surface area contributed by atoms with E-state index in [-0.39, 0.29) is 18.3 Å². The average Bonchev–Trinajstić information content (AvgIpc) is 2.41. The molecule has 1 N–H and O–H groups in total. The summed E-state index contributed by atoms with van der Waals surface area (Å²) in [4.78, 5) is 23.7. The van der Waals surface area contributed by atoms with E-state index >= 15 is 0 Å². The summed E-state index contributed by atoms with van der Waals surface area (Å²) >= 11 is 0. The van der Waals surface area contributed by atoms with Gasteiger partial charge in [0.05, 0.1) is 13.1 Å². The third kappa shape index (κ3) is 3.91. The molecule has 1 amide bonds. The molecule has 1 aromatic rings. The van der Waals surface area contributed by atoms with Gasteiger partial charge in [-0.05, 0) is 19.1 Å². The van der Waals surface area contributed by atoms with Crippen LogP contribution in [0.2, 0.25) is 0 Å². The van der Waals surface area contributed by atoms with Gasteiger partial charge in [-0.3, -0.25) is 4.79 Å². The van der Waals surface area contributed by atoms with Crippen molar-refractivity contribution in [1.29, 1.82) is 0 Å². The Labute approximate surface area is 121 Å². The Morgan fingerprint density at radius 2 is 2.00 bits per heavy atom. The van der Waals surface area contributed by atoms with Crippen LogP contribution in [0.3, 0.4) is 0 Å². The van der Waals surface area contributed by atoms with Crippen molar-refractivity contribution in [2.24, 2.45) is 0 Å². The van der Waals surface area contributed by atoms with Crippen LogP contribution in [0.15, 0.2) is 24.3 Å². The Balaban J connectivity index is 1.76.